The number of nitrogens with one attached hydrogen (secondary N) is 1. The van der Waals surface area contributed by atoms with E-state index < -0.39 is 29.7 Å². The maximum Gasteiger partial charge on any atom is 0.331 e. The molecule has 0 aliphatic rings. The first-order valence-corrected chi connectivity index (χ1v) is 10.4. The van der Waals surface area contributed by atoms with E-state index in [4.69, 9.17) is 19.9 Å². The maximum atomic E-state index is 13.2. The smallest absolute Gasteiger partial charge is 0.331 e. The van der Waals surface area contributed by atoms with Crippen molar-refractivity contribution in [3.63, 3.8) is 0 Å². The van der Waals surface area contributed by atoms with Gasteiger partial charge >= 0.3 is 5.97 Å². The fourth-order valence-corrected chi connectivity index (χ4v) is 3.02. The molecular formula is C26H23FN2O6. The first-order valence-electron chi connectivity index (χ1n) is 10.4. The SMILES string of the molecule is COc1cc(/C=C/C(=O)OC(C(=O)Nc2ccc(F)cc2)c2ccccc2)ccc1OCC(N)=O. The third-order valence-electron chi connectivity index (χ3n) is 4.66. The fourth-order valence-electron chi connectivity index (χ4n) is 3.02. The molecule has 0 bridgehead atoms. The fraction of sp³-hybridized carbons (Fsp3) is 0.115. The molecule has 0 spiro atoms. The average Bonchev–Trinajstić information content (AvgIpc) is 2.86. The zero-order valence-electron chi connectivity index (χ0n) is 18.8. The van der Waals surface area contributed by atoms with Crippen LogP contribution in [0.3, 0.4) is 0 Å². The molecule has 0 saturated heterocycles. The van der Waals surface area contributed by atoms with Crippen LogP contribution < -0.4 is 20.5 Å². The number of primary amides is 1. The van der Waals surface area contributed by atoms with E-state index in [1.165, 1.54) is 43.5 Å². The lowest BCUT2D eigenvalue weighted by Gasteiger charge is -2.17. The number of amides is 2. The third-order valence-corrected chi connectivity index (χ3v) is 4.66. The van der Waals surface area contributed by atoms with Gasteiger partial charge in [-0.3, -0.25) is 9.59 Å². The number of methoxy groups -OCH3 is 1. The largest absolute Gasteiger partial charge is 0.493 e. The van der Waals surface area contributed by atoms with Gasteiger partial charge < -0.3 is 25.3 Å². The van der Waals surface area contributed by atoms with Crippen LogP contribution in [0, 0.1) is 5.82 Å². The molecule has 0 saturated carbocycles. The molecule has 1 unspecified atom stereocenters. The highest BCUT2D eigenvalue weighted by atomic mass is 19.1. The second kappa shape index (κ2) is 12.0. The van der Waals surface area contributed by atoms with Crippen LogP contribution in [0.25, 0.3) is 6.08 Å². The summed E-state index contributed by atoms with van der Waals surface area (Å²) in [5.74, 6) is -1.78. The van der Waals surface area contributed by atoms with Gasteiger partial charge in [-0.05, 0) is 48.0 Å². The molecule has 0 radical (unpaired) electrons. The highest BCUT2D eigenvalue weighted by Crippen LogP contribution is 2.28. The number of carbonyl (C=O) groups is 3. The Kier molecular flexibility index (Phi) is 8.55. The van der Waals surface area contributed by atoms with E-state index in [0.717, 1.165) is 0 Å². The van der Waals surface area contributed by atoms with E-state index in [2.05, 4.69) is 5.32 Å². The molecule has 3 aromatic carbocycles. The predicted molar refractivity (Wildman–Crippen MR) is 127 cm³/mol. The summed E-state index contributed by atoms with van der Waals surface area (Å²) in [6.45, 7) is -0.307. The molecule has 9 heteroatoms. The Bertz CT molecular complexity index is 1210. The minimum atomic E-state index is -1.24. The number of carbonyl (C=O) groups excluding carboxylic acids is 3. The van der Waals surface area contributed by atoms with Crippen molar-refractivity contribution < 1.29 is 33.0 Å². The summed E-state index contributed by atoms with van der Waals surface area (Å²) >= 11 is 0. The van der Waals surface area contributed by atoms with Gasteiger partial charge in [0.05, 0.1) is 7.11 Å². The summed E-state index contributed by atoms with van der Waals surface area (Å²) in [7, 11) is 1.43. The van der Waals surface area contributed by atoms with Crippen LogP contribution in [0.2, 0.25) is 0 Å². The highest BCUT2D eigenvalue weighted by Gasteiger charge is 2.24. The van der Waals surface area contributed by atoms with E-state index >= 15 is 0 Å². The number of benzene rings is 3. The van der Waals surface area contributed by atoms with E-state index in [1.807, 2.05) is 0 Å². The standard InChI is InChI=1S/C26H23FN2O6/c1-33-22-15-17(7-13-21(22)34-16-23(28)30)8-14-24(31)35-25(18-5-3-2-4-6-18)26(32)29-20-11-9-19(27)10-12-20/h2-15,25H,16H2,1H3,(H2,28,30)(H,29,32)/b14-8+. The topological polar surface area (TPSA) is 117 Å². The molecule has 3 aromatic rings. The van der Waals surface area contributed by atoms with Crippen molar-refractivity contribution in [2.45, 2.75) is 6.10 Å². The van der Waals surface area contributed by atoms with E-state index in [9.17, 15) is 18.8 Å². The molecule has 35 heavy (non-hydrogen) atoms. The second-order valence-electron chi connectivity index (χ2n) is 7.22. The van der Waals surface area contributed by atoms with Gasteiger partial charge in [0, 0.05) is 17.3 Å². The lowest BCUT2D eigenvalue weighted by molar-refractivity contribution is -0.149. The van der Waals surface area contributed by atoms with Crippen molar-refractivity contribution in [3.05, 3.63) is 95.8 Å². The molecular weight excluding hydrogens is 455 g/mol. The van der Waals surface area contributed by atoms with Gasteiger partial charge in [-0.1, -0.05) is 36.4 Å². The Labute approximate surface area is 201 Å². The van der Waals surface area contributed by atoms with E-state index in [0.29, 0.717) is 28.3 Å². The minimum Gasteiger partial charge on any atom is -0.493 e. The van der Waals surface area contributed by atoms with Crippen LogP contribution in [-0.2, 0) is 19.1 Å². The van der Waals surface area contributed by atoms with Gasteiger partial charge in [0.1, 0.15) is 5.82 Å². The normalized spacial score (nSPS) is 11.5. The molecule has 0 heterocycles. The summed E-state index contributed by atoms with van der Waals surface area (Å²) in [5, 5.41) is 2.62. The second-order valence-corrected chi connectivity index (χ2v) is 7.22. The van der Waals surface area contributed by atoms with Gasteiger partial charge in [0.25, 0.3) is 11.8 Å². The van der Waals surface area contributed by atoms with Gasteiger partial charge in [0.15, 0.2) is 18.1 Å². The summed E-state index contributed by atoms with van der Waals surface area (Å²) in [5.41, 5.74) is 6.49. The predicted octanol–water partition coefficient (Wildman–Crippen LogP) is 3.63. The summed E-state index contributed by atoms with van der Waals surface area (Å²) in [6, 6.07) is 18.5. The van der Waals surface area contributed by atoms with Crippen LogP contribution >= 0.6 is 0 Å². The number of rotatable bonds is 10. The van der Waals surface area contributed by atoms with Crippen molar-refractivity contribution in [3.8, 4) is 11.5 Å². The molecule has 0 fully saturated rings. The van der Waals surface area contributed by atoms with Crippen molar-refractivity contribution in [2.75, 3.05) is 19.0 Å². The Morgan fingerprint density at radius 3 is 2.37 bits per heavy atom. The zero-order valence-corrected chi connectivity index (χ0v) is 18.8. The van der Waals surface area contributed by atoms with E-state index in [1.54, 1.807) is 48.5 Å². The lowest BCUT2D eigenvalue weighted by Crippen LogP contribution is -2.25. The molecule has 3 rings (SSSR count). The van der Waals surface area contributed by atoms with Crippen LogP contribution in [0.4, 0.5) is 10.1 Å². The maximum absolute atomic E-state index is 13.2. The Hall–Kier alpha value is -4.66. The number of hydrogen-bond acceptors (Lipinski definition) is 6. The van der Waals surface area contributed by atoms with Crippen molar-refractivity contribution in [2.24, 2.45) is 5.73 Å². The summed E-state index contributed by atoms with van der Waals surface area (Å²) in [6.07, 6.45) is 1.40. The number of esters is 1. The van der Waals surface area contributed by atoms with Crippen LogP contribution in [0.5, 0.6) is 11.5 Å². The first kappa shape index (κ1) is 25.0. The minimum absolute atomic E-state index is 0.307. The summed E-state index contributed by atoms with van der Waals surface area (Å²) in [4.78, 5) is 36.3. The molecule has 3 N–H and O–H groups in total. The molecule has 0 aliphatic heterocycles. The number of anilines is 1. The quantitative estimate of drug-likeness (QED) is 0.340. The van der Waals surface area contributed by atoms with Crippen LogP contribution in [0.1, 0.15) is 17.2 Å². The number of hydrogen-bond donors (Lipinski definition) is 2. The van der Waals surface area contributed by atoms with Gasteiger partial charge in [-0.25, -0.2) is 9.18 Å². The van der Waals surface area contributed by atoms with Crippen LogP contribution in [-0.4, -0.2) is 31.5 Å². The third kappa shape index (κ3) is 7.43. The Morgan fingerprint density at radius 2 is 1.71 bits per heavy atom. The Morgan fingerprint density at radius 1 is 1.00 bits per heavy atom. The highest BCUT2D eigenvalue weighted by molar-refractivity contribution is 5.97. The molecule has 0 aliphatic carbocycles. The van der Waals surface area contributed by atoms with Crippen LogP contribution in [0.15, 0.2) is 78.9 Å². The van der Waals surface area contributed by atoms with E-state index in [-0.39, 0.29) is 6.61 Å². The summed E-state index contributed by atoms with van der Waals surface area (Å²) < 4.78 is 29.1. The number of nitrogens with two attached hydrogens (primary N) is 1. The zero-order chi connectivity index (χ0) is 25.2. The molecule has 180 valence electrons. The molecule has 0 aromatic heterocycles. The van der Waals surface area contributed by atoms with Crippen molar-refractivity contribution >= 4 is 29.5 Å². The molecule has 2 amide bonds. The monoisotopic (exact) mass is 478 g/mol. The van der Waals surface area contributed by atoms with Crippen molar-refractivity contribution in [1.82, 2.24) is 0 Å². The number of ether oxygens (including phenoxy) is 3. The first-order chi connectivity index (χ1) is 16.9. The number of halogens is 1. The van der Waals surface area contributed by atoms with Gasteiger partial charge in [0.2, 0.25) is 6.10 Å². The molecule has 8 nitrogen and oxygen atoms in total. The lowest BCUT2D eigenvalue weighted by atomic mass is 10.1. The van der Waals surface area contributed by atoms with Gasteiger partial charge in [-0.15, -0.1) is 0 Å². The van der Waals surface area contributed by atoms with Crippen molar-refractivity contribution in [1.29, 1.82) is 0 Å². The Balaban J connectivity index is 1.73. The van der Waals surface area contributed by atoms with Gasteiger partial charge in [-0.2, -0.15) is 0 Å². The average molecular weight is 478 g/mol. The molecule has 1 atom stereocenters.